The van der Waals surface area contributed by atoms with Crippen LogP contribution >= 0.6 is 0 Å². The Bertz CT molecular complexity index is 467. The summed E-state index contributed by atoms with van der Waals surface area (Å²) in [5.41, 5.74) is 0.977. The summed E-state index contributed by atoms with van der Waals surface area (Å²) < 4.78 is 40.6. The van der Waals surface area contributed by atoms with Gasteiger partial charge in [0, 0.05) is 5.92 Å². The average molecular weight is 244 g/mol. The summed E-state index contributed by atoms with van der Waals surface area (Å²) in [5.74, 6) is -0.250. The van der Waals surface area contributed by atoms with Crippen molar-refractivity contribution in [2.45, 2.75) is 24.4 Å². The second-order valence-electron chi connectivity index (χ2n) is 4.06. The largest absolute Gasteiger partial charge is 0.296 e. The zero-order chi connectivity index (χ0) is 11.8. The summed E-state index contributed by atoms with van der Waals surface area (Å²) in [6.45, 7) is 1.81. The molecule has 1 fully saturated rings. The fourth-order valence-electron chi connectivity index (χ4n) is 1.33. The predicted octanol–water partition coefficient (Wildman–Crippen LogP) is 2.06. The lowest BCUT2D eigenvalue weighted by molar-refractivity contribution is 0.283. The van der Waals surface area contributed by atoms with Crippen LogP contribution in [0.4, 0.5) is 4.39 Å². The van der Waals surface area contributed by atoms with Crippen molar-refractivity contribution in [2.75, 3.05) is 6.61 Å². The standard InChI is InChI=1S/C11H13FO3S/c1-8-2-4-10(5-3-8)16(13,14)15-7-9-6-11(9)12/h2-5,9,11H,6-7H2,1H3. The zero-order valence-corrected chi connectivity index (χ0v) is 9.71. The summed E-state index contributed by atoms with van der Waals surface area (Å²) >= 11 is 0. The molecule has 0 bridgehead atoms. The van der Waals surface area contributed by atoms with E-state index in [1.165, 1.54) is 12.1 Å². The van der Waals surface area contributed by atoms with Crippen LogP contribution in [0.5, 0.6) is 0 Å². The first-order valence-corrected chi connectivity index (χ1v) is 6.50. The minimum absolute atomic E-state index is 0.0582. The van der Waals surface area contributed by atoms with Crippen LogP contribution in [0.1, 0.15) is 12.0 Å². The number of alkyl halides is 1. The molecular formula is C11H13FO3S. The third kappa shape index (κ3) is 2.59. The Morgan fingerprint density at radius 3 is 2.44 bits per heavy atom. The molecule has 1 aromatic rings. The van der Waals surface area contributed by atoms with Crippen LogP contribution in [0.2, 0.25) is 0 Å². The number of rotatable bonds is 4. The molecular weight excluding hydrogens is 231 g/mol. The van der Waals surface area contributed by atoms with Gasteiger partial charge < -0.3 is 0 Å². The van der Waals surface area contributed by atoms with E-state index in [1.54, 1.807) is 12.1 Å². The molecule has 5 heteroatoms. The monoisotopic (exact) mass is 244 g/mol. The van der Waals surface area contributed by atoms with Crippen LogP contribution in [0.15, 0.2) is 29.2 Å². The second-order valence-corrected chi connectivity index (χ2v) is 5.68. The van der Waals surface area contributed by atoms with Gasteiger partial charge in [-0.05, 0) is 25.5 Å². The summed E-state index contributed by atoms with van der Waals surface area (Å²) in [4.78, 5) is 0.120. The molecule has 16 heavy (non-hydrogen) atoms. The molecule has 3 nitrogen and oxygen atoms in total. The molecule has 0 amide bonds. The van der Waals surface area contributed by atoms with E-state index in [0.29, 0.717) is 6.42 Å². The average Bonchev–Trinajstić information content (AvgIpc) is 2.93. The number of aryl methyl sites for hydroxylation is 1. The molecule has 1 aliphatic carbocycles. The molecule has 0 aliphatic heterocycles. The van der Waals surface area contributed by atoms with Crippen molar-refractivity contribution in [1.29, 1.82) is 0 Å². The van der Waals surface area contributed by atoms with Crippen molar-refractivity contribution in [2.24, 2.45) is 5.92 Å². The Balaban J connectivity index is 2.03. The van der Waals surface area contributed by atoms with Crippen molar-refractivity contribution in [1.82, 2.24) is 0 Å². The predicted molar refractivity (Wildman–Crippen MR) is 57.3 cm³/mol. The Morgan fingerprint density at radius 2 is 1.94 bits per heavy atom. The van der Waals surface area contributed by atoms with Gasteiger partial charge in [0.25, 0.3) is 10.1 Å². The quantitative estimate of drug-likeness (QED) is 0.761. The Kier molecular flexibility index (Phi) is 2.99. The lowest BCUT2D eigenvalue weighted by atomic mass is 10.2. The van der Waals surface area contributed by atoms with E-state index >= 15 is 0 Å². The molecule has 0 aromatic heterocycles. The van der Waals surface area contributed by atoms with E-state index in [-0.39, 0.29) is 17.4 Å². The number of hydrogen-bond acceptors (Lipinski definition) is 3. The van der Waals surface area contributed by atoms with E-state index in [4.69, 9.17) is 4.18 Å². The van der Waals surface area contributed by atoms with E-state index in [1.807, 2.05) is 6.92 Å². The highest BCUT2D eigenvalue weighted by molar-refractivity contribution is 7.86. The van der Waals surface area contributed by atoms with Crippen molar-refractivity contribution in [3.63, 3.8) is 0 Å². The summed E-state index contributed by atoms with van der Waals surface area (Å²) in [7, 11) is -3.72. The summed E-state index contributed by atoms with van der Waals surface area (Å²) in [6.07, 6.45) is -0.489. The molecule has 1 aliphatic rings. The van der Waals surface area contributed by atoms with E-state index in [9.17, 15) is 12.8 Å². The highest BCUT2D eigenvalue weighted by Gasteiger charge is 2.38. The minimum Gasteiger partial charge on any atom is -0.266 e. The van der Waals surface area contributed by atoms with Gasteiger partial charge >= 0.3 is 0 Å². The van der Waals surface area contributed by atoms with E-state index in [0.717, 1.165) is 5.56 Å². The second kappa shape index (κ2) is 4.14. The molecule has 0 spiro atoms. The molecule has 1 aromatic carbocycles. The fourth-order valence-corrected chi connectivity index (χ4v) is 2.29. The van der Waals surface area contributed by atoms with Crippen LogP contribution in [0, 0.1) is 12.8 Å². The molecule has 0 N–H and O–H groups in total. The van der Waals surface area contributed by atoms with Crippen molar-refractivity contribution < 1.29 is 17.0 Å². The molecule has 0 radical (unpaired) electrons. The Morgan fingerprint density at radius 1 is 1.38 bits per heavy atom. The topological polar surface area (TPSA) is 43.4 Å². The van der Waals surface area contributed by atoms with Gasteiger partial charge in [-0.15, -0.1) is 0 Å². The van der Waals surface area contributed by atoms with Gasteiger partial charge in [-0.2, -0.15) is 8.42 Å². The highest BCUT2D eigenvalue weighted by atomic mass is 32.2. The molecule has 88 valence electrons. The maximum atomic E-state index is 12.5. The van der Waals surface area contributed by atoms with Crippen LogP contribution in [0.3, 0.4) is 0 Å². The van der Waals surface area contributed by atoms with Crippen LogP contribution in [-0.2, 0) is 14.3 Å². The van der Waals surface area contributed by atoms with Crippen LogP contribution < -0.4 is 0 Å². The molecule has 2 rings (SSSR count). The number of benzene rings is 1. The smallest absolute Gasteiger partial charge is 0.266 e. The third-order valence-electron chi connectivity index (χ3n) is 2.58. The number of halogens is 1. The highest BCUT2D eigenvalue weighted by Crippen LogP contribution is 2.34. The van der Waals surface area contributed by atoms with Gasteiger partial charge in [-0.3, -0.25) is 4.18 Å². The van der Waals surface area contributed by atoms with E-state index in [2.05, 4.69) is 0 Å². The van der Waals surface area contributed by atoms with Crippen molar-refractivity contribution in [3.05, 3.63) is 29.8 Å². The number of hydrogen-bond donors (Lipinski definition) is 0. The Hall–Kier alpha value is -0.940. The van der Waals surface area contributed by atoms with Gasteiger partial charge in [-0.1, -0.05) is 17.7 Å². The normalized spacial score (nSPS) is 24.4. The molecule has 0 saturated heterocycles. The maximum Gasteiger partial charge on any atom is 0.296 e. The summed E-state index contributed by atoms with van der Waals surface area (Å²) in [5, 5.41) is 0. The minimum atomic E-state index is -3.72. The lowest BCUT2D eigenvalue weighted by Crippen LogP contribution is -2.09. The van der Waals surface area contributed by atoms with Crippen molar-refractivity contribution >= 4 is 10.1 Å². The molecule has 2 unspecified atom stereocenters. The van der Waals surface area contributed by atoms with Gasteiger partial charge in [0.1, 0.15) is 6.17 Å². The lowest BCUT2D eigenvalue weighted by Gasteiger charge is -2.04. The molecule has 2 atom stereocenters. The van der Waals surface area contributed by atoms with Crippen LogP contribution in [0.25, 0.3) is 0 Å². The zero-order valence-electron chi connectivity index (χ0n) is 8.89. The van der Waals surface area contributed by atoms with Gasteiger partial charge in [0.2, 0.25) is 0 Å². The van der Waals surface area contributed by atoms with Gasteiger partial charge in [-0.25, -0.2) is 4.39 Å². The van der Waals surface area contributed by atoms with Crippen molar-refractivity contribution in [3.8, 4) is 0 Å². The first-order valence-electron chi connectivity index (χ1n) is 5.09. The van der Waals surface area contributed by atoms with Gasteiger partial charge in [0.05, 0.1) is 11.5 Å². The maximum absolute atomic E-state index is 12.5. The summed E-state index contributed by atoms with van der Waals surface area (Å²) in [6, 6.07) is 6.38. The first-order chi connectivity index (χ1) is 7.49. The SMILES string of the molecule is Cc1ccc(S(=O)(=O)OCC2CC2F)cc1. The third-order valence-corrected chi connectivity index (χ3v) is 3.88. The molecule has 1 saturated carbocycles. The molecule has 0 heterocycles. The van der Waals surface area contributed by atoms with Gasteiger partial charge in [0.15, 0.2) is 0 Å². The first kappa shape index (κ1) is 11.5. The Labute approximate surface area is 94.4 Å². The van der Waals surface area contributed by atoms with E-state index < -0.39 is 16.3 Å². The fraction of sp³-hybridized carbons (Fsp3) is 0.455. The van der Waals surface area contributed by atoms with Crippen LogP contribution in [-0.4, -0.2) is 21.2 Å².